The molecule has 0 amide bonds. The van der Waals surface area contributed by atoms with Crippen molar-refractivity contribution in [3.05, 3.63) is 12.2 Å². The van der Waals surface area contributed by atoms with E-state index in [4.69, 9.17) is 4.74 Å². The van der Waals surface area contributed by atoms with E-state index < -0.39 is 0 Å². The highest BCUT2D eigenvalue weighted by Crippen LogP contribution is 2.76. The van der Waals surface area contributed by atoms with Crippen molar-refractivity contribution in [1.29, 1.82) is 0 Å². The Labute approximate surface area is 151 Å². The molecule has 3 fully saturated rings. The van der Waals surface area contributed by atoms with Gasteiger partial charge in [0.1, 0.15) is 12.4 Å². The van der Waals surface area contributed by atoms with Gasteiger partial charge >= 0.3 is 5.97 Å². The minimum atomic E-state index is -0.183. The minimum absolute atomic E-state index is 0.0212. The van der Waals surface area contributed by atoms with E-state index in [0.717, 1.165) is 19.3 Å². The maximum absolute atomic E-state index is 12.2. The van der Waals surface area contributed by atoms with Crippen molar-refractivity contribution in [3.8, 4) is 0 Å². The van der Waals surface area contributed by atoms with Crippen LogP contribution in [0.2, 0.25) is 0 Å². The van der Waals surface area contributed by atoms with E-state index >= 15 is 0 Å². The Morgan fingerprint density at radius 1 is 1.12 bits per heavy atom. The van der Waals surface area contributed by atoms with Crippen LogP contribution in [0.4, 0.5) is 0 Å². The van der Waals surface area contributed by atoms with Crippen molar-refractivity contribution >= 4 is 12.3 Å². The second-order valence-electron chi connectivity index (χ2n) is 10.5. The van der Waals surface area contributed by atoms with Crippen molar-refractivity contribution in [2.75, 3.05) is 0 Å². The van der Waals surface area contributed by atoms with Crippen molar-refractivity contribution in [2.24, 2.45) is 39.4 Å². The molecule has 0 radical (unpaired) electrons. The molecule has 138 valence electrons. The number of allylic oxidation sites excluding steroid dienone is 2. The normalized spacial score (nSPS) is 52.4. The summed E-state index contributed by atoms with van der Waals surface area (Å²) in [7, 11) is 0. The number of ether oxygens (including phenoxy) is 1. The third-order valence-electron chi connectivity index (χ3n) is 8.71. The van der Waals surface area contributed by atoms with E-state index in [1.807, 2.05) is 0 Å². The van der Waals surface area contributed by atoms with E-state index in [-0.39, 0.29) is 45.6 Å². The lowest BCUT2D eigenvalue weighted by molar-refractivity contribution is -0.205. The molecule has 0 aromatic carbocycles. The molecule has 4 aliphatic rings. The molecule has 0 heterocycles. The van der Waals surface area contributed by atoms with Gasteiger partial charge in [-0.1, -0.05) is 39.8 Å². The van der Waals surface area contributed by atoms with Crippen molar-refractivity contribution < 1.29 is 14.3 Å². The van der Waals surface area contributed by atoms with Crippen LogP contribution in [0.1, 0.15) is 66.7 Å². The van der Waals surface area contributed by atoms with Crippen LogP contribution in [-0.2, 0) is 14.3 Å². The van der Waals surface area contributed by atoms with Gasteiger partial charge in [0, 0.05) is 18.3 Å². The molecule has 0 saturated heterocycles. The van der Waals surface area contributed by atoms with E-state index in [9.17, 15) is 9.59 Å². The fourth-order valence-corrected chi connectivity index (χ4v) is 7.90. The maximum Gasteiger partial charge on any atom is 0.302 e. The summed E-state index contributed by atoms with van der Waals surface area (Å²) in [6.07, 6.45) is 11.3. The molecular weight excluding hydrogens is 312 g/mol. The summed E-state index contributed by atoms with van der Waals surface area (Å²) in [5, 5.41) is 0. The minimum Gasteiger partial charge on any atom is -0.462 e. The predicted molar refractivity (Wildman–Crippen MR) is 96.7 cm³/mol. The summed E-state index contributed by atoms with van der Waals surface area (Å²) < 4.78 is 5.92. The molecule has 0 aliphatic heterocycles. The topological polar surface area (TPSA) is 43.4 Å². The number of carbonyl (C=O) groups is 2. The monoisotopic (exact) mass is 344 g/mol. The third-order valence-corrected chi connectivity index (χ3v) is 8.71. The Morgan fingerprint density at radius 2 is 1.84 bits per heavy atom. The zero-order chi connectivity index (χ0) is 18.3. The molecule has 25 heavy (non-hydrogen) atoms. The number of rotatable bonds is 2. The van der Waals surface area contributed by atoms with E-state index in [0.29, 0.717) is 5.92 Å². The third kappa shape index (κ3) is 2.04. The number of hydrogen-bond acceptors (Lipinski definition) is 3. The molecule has 2 bridgehead atoms. The first-order valence-corrected chi connectivity index (χ1v) is 9.92. The summed E-state index contributed by atoms with van der Waals surface area (Å²) in [6.45, 7) is 10.9. The van der Waals surface area contributed by atoms with Crippen LogP contribution in [0.25, 0.3) is 0 Å². The number of esters is 1. The molecule has 3 heteroatoms. The molecular formula is C22H32O3. The van der Waals surface area contributed by atoms with Gasteiger partial charge < -0.3 is 9.53 Å². The van der Waals surface area contributed by atoms with Crippen molar-refractivity contribution in [2.45, 2.75) is 72.8 Å². The van der Waals surface area contributed by atoms with Gasteiger partial charge in [-0.25, -0.2) is 0 Å². The lowest BCUT2D eigenvalue weighted by atomic mass is 9.41. The van der Waals surface area contributed by atoms with Gasteiger partial charge in [-0.05, 0) is 60.2 Å². The summed E-state index contributed by atoms with van der Waals surface area (Å²) in [6, 6.07) is 0. The largest absolute Gasteiger partial charge is 0.462 e. The Kier molecular flexibility index (Phi) is 3.45. The van der Waals surface area contributed by atoms with Gasteiger partial charge in [-0.15, -0.1) is 0 Å². The lowest BCUT2D eigenvalue weighted by Crippen LogP contribution is -2.62. The van der Waals surface area contributed by atoms with E-state index in [1.54, 1.807) is 0 Å². The molecule has 1 spiro atoms. The summed E-state index contributed by atoms with van der Waals surface area (Å²) in [5.74, 6) is 0.636. The van der Waals surface area contributed by atoms with Gasteiger partial charge in [0.05, 0.1) is 0 Å². The van der Waals surface area contributed by atoms with Gasteiger partial charge in [0.15, 0.2) is 0 Å². The second-order valence-corrected chi connectivity index (χ2v) is 10.5. The highest BCUT2D eigenvalue weighted by Gasteiger charge is 2.72. The maximum atomic E-state index is 12.2. The molecule has 3 saturated carbocycles. The van der Waals surface area contributed by atoms with Crippen molar-refractivity contribution in [1.82, 2.24) is 0 Å². The SMILES string of the molecule is CC(=O)O[C@H]1CCC(C)(C)[C@H]2CC[C@]34C=C[C@](C)(C3)[C@H](C=O)[C@H]4[C@]12C. The first kappa shape index (κ1) is 17.3. The van der Waals surface area contributed by atoms with Crippen LogP contribution in [0.5, 0.6) is 0 Å². The fourth-order valence-electron chi connectivity index (χ4n) is 7.90. The first-order chi connectivity index (χ1) is 11.6. The Balaban J connectivity index is 1.86. The fraction of sp³-hybridized carbons (Fsp3) is 0.818. The zero-order valence-corrected chi connectivity index (χ0v) is 16.3. The van der Waals surface area contributed by atoms with Crippen LogP contribution in [0, 0.1) is 39.4 Å². The van der Waals surface area contributed by atoms with Gasteiger partial charge in [0.2, 0.25) is 0 Å². The van der Waals surface area contributed by atoms with Gasteiger partial charge in [0.25, 0.3) is 0 Å². The molecule has 0 aromatic heterocycles. The average Bonchev–Trinajstić information content (AvgIpc) is 2.97. The molecule has 0 unspecified atom stereocenters. The Morgan fingerprint density at radius 3 is 2.48 bits per heavy atom. The zero-order valence-electron chi connectivity index (χ0n) is 16.3. The van der Waals surface area contributed by atoms with Crippen LogP contribution < -0.4 is 0 Å². The molecule has 4 aliphatic carbocycles. The lowest BCUT2D eigenvalue weighted by Gasteiger charge is -2.64. The second kappa shape index (κ2) is 4.98. The number of hydrogen-bond donors (Lipinski definition) is 0. The van der Waals surface area contributed by atoms with Crippen LogP contribution in [0.3, 0.4) is 0 Å². The summed E-state index contributed by atoms with van der Waals surface area (Å²) in [5.41, 5.74) is 0.205. The average molecular weight is 344 g/mol. The van der Waals surface area contributed by atoms with Crippen LogP contribution in [0.15, 0.2) is 12.2 Å². The Bertz CT molecular complexity index is 650. The van der Waals surface area contributed by atoms with Crippen LogP contribution in [-0.4, -0.2) is 18.4 Å². The Hall–Kier alpha value is -1.12. The molecule has 7 atom stereocenters. The number of fused-ring (bicyclic) bond motifs is 3. The van der Waals surface area contributed by atoms with Gasteiger partial charge in [-0.2, -0.15) is 0 Å². The summed E-state index contributed by atoms with van der Waals surface area (Å²) in [4.78, 5) is 24.1. The molecule has 3 nitrogen and oxygen atoms in total. The first-order valence-electron chi connectivity index (χ1n) is 9.92. The number of aldehydes is 1. The van der Waals surface area contributed by atoms with Gasteiger partial charge in [-0.3, -0.25) is 4.79 Å². The molecule has 4 rings (SSSR count). The number of carbonyl (C=O) groups excluding carboxylic acids is 2. The quantitative estimate of drug-likeness (QED) is 0.419. The smallest absolute Gasteiger partial charge is 0.302 e. The van der Waals surface area contributed by atoms with E-state index in [1.165, 1.54) is 26.1 Å². The molecule has 0 aromatic rings. The highest BCUT2D eigenvalue weighted by atomic mass is 16.5. The van der Waals surface area contributed by atoms with Crippen molar-refractivity contribution in [3.63, 3.8) is 0 Å². The molecule has 0 N–H and O–H groups in total. The van der Waals surface area contributed by atoms with Crippen LogP contribution >= 0.6 is 0 Å². The van der Waals surface area contributed by atoms with E-state index in [2.05, 4.69) is 39.8 Å². The highest BCUT2D eigenvalue weighted by molar-refractivity contribution is 5.66. The summed E-state index contributed by atoms with van der Waals surface area (Å²) >= 11 is 0. The predicted octanol–water partition coefficient (Wildman–Crippen LogP) is 4.55. The standard InChI is InChI=1S/C22H32O3/c1-14(24)25-17-7-8-19(2,3)16-6-9-22-11-10-20(4,13-22)15(12-23)18(22)21(16,17)5/h10-12,15-18H,6-9,13H2,1-5H3/t15-,16-,17+,18+,20-,21+,22+/m1/s1.